The van der Waals surface area contributed by atoms with Crippen molar-refractivity contribution in [3.8, 4) is 22.3 Å². The summed E-state index contributed by atoms with van der Waals surface area (Å²) in [5.74, 6) is 1.59. The number of hydrogen-bond donors (Lipinski definition) is 1. The van der Waals surface area contributed by atoms with Gasteiger partial charge in [0.1, 0.15) is 11.5 Å². The molecule has 0 aliphatic heterocycles. The van der Waals surface area contributed by atoms with E-state index < -0.39 is 0 Å². The summed E-state index contributed by atoms with van der Waals surface area (Å²) in [4.78, 5) is 0. The maximum Gasteiger partial charge on any atom is 0.141 e. The molecular weight excluding hydrogens is 316 g/mol. The number of H-pyrrole nitrogens is 1. The van der Waals surface area contributed by atoms with Gasteiger partial charge in [0.2, 0.25) is 0 Å². The number of aromatic amines is 1. The minimum absolute atomic E-state index is 0. The molecule has 1 aromatic carbocycles. The fourth-order valence-corrected chi connectivity index (χ4v) is 3.41. The third-order valence-corrected chi connectivity index (χ3v) is 4.46. The number of rotatable bonds is 2. The number of fused-ring (bicyclic) bond motifs is 1. The zero-order valence-electron chi connectivity index (χ0n) is 14.3. The van der Waals surface area contributed by atoms with E-state index in [-0.39, 0.29) is 7.43 Å². The lowest BCUT2D eigenvalue weighted by molar-refractivity contribution is 0.393. The first-order valence-corrected chi connectivity index (χ1v) is 7.82. The summed E-state index contributed by atoms with van der Waals surface area (Å²) >= 11 is 0. The summed E-state index contributed by atoms with van der Waals surface area (Å²) < 4.78 is 10.7. The van der Waals surface area contributed by atoms with E-state index in [1.807, 2.05) is 34.6 Å². The molecule has 0 spiro atoms. The molecule has 3 aromatic heterocycles. The van der Waals surface area contributed by atoms with Crippen molar-refractivity contribution in [3.63, 3.8) is 0 Å². The second kappa shape index (κ2) is 5.88. The first-order valence-electron chi connectivity index (χ1n) is 7.82. The highest BCUT2D eigenvalue weighted by atomic mass is 16.5. The highest BCUT2D eigenvalue weighted by Gasteiger charge is 2.20. The van der Waals surface area contributed by atoms with Crippen LogP contribution < -0.4 is 0 Å². The topological polar surface area (TPSA) is 80.7 Å². The number of hydrogen-bond acceptors (Lipinski definition) is 5. The van der Waals surface area contributed by atoms with Crippen molar-refractivity contribution < 1.29 is 9.05 Å². The lowest BCUT2D eigenvalue weighted by atomic mass is 9.93. The van der Waals surface area contributed by atoms with Gasteiger partial charge in [0.05, 0.1) is 16.9 Å². The molecule has 4 aromatic rings. The minimum atomic E-state index is 0. The summed E-state index contributed by atoms with van der Waals surface area (Å²) in [7, 11) is 0. The molecule has 0 saturated carbocycles. The molecular formula is C19H22N4O2. The van der Waals surface area contributed by atoms with Gasteiger partial charge in [-0.2, -0.15) is 5.10 Å². The predicted octanol–water partition coefficient (Wildman–Crippen LogP) is 5.05. The van der Waals surface area contributed by atoms with Gasteiger partial charge in [0, 0.05) is 22.2 Å². The fourth-order valence-electron chi connectivity index (χ4n) is 3.41. The maximum absolute atomic E-state index is 5.38. The van der Waals surface area contributed by atoms with E-state index in [1.54, 1.807) is 0 Å². The van der Waals surface area contributed by atoms with Gasteiger partial charge in [-0.05, 0) is 57.9 Å². The zero-order valence-corrected chi connectivity index (χ0v) is 14.3. The highest BCUT2D eigenvalue weighted by Crippen LogP contribution is 2.39. The summed E-state index contributed by atoms with van der Waals surface area (Å²) in [6.07, 6.45) is 0. The first-order chi connectivity index (χ1) is 11.5. The fraction of sp³-hybridized carbons (Fsp3) is 0.316. The average molecular weight is 338 g/mol. The molecule has 0 bridgehead atoms. The van der Waals surface area contributed by atoms with E-state index in [9.17, 15) is 0 Å². The van der Waals surface area contributed by atoms with Crippen LogP contribution in [0.5, 0.6) is 0 Å². The first kappa shape index (κ1) is 17.0. The number of aryl methyl sites for hydroxylation is 5. The van der Waals surface area contributed by atoms with Gasteiger partial charge in [0.15, 0.2) is 0 Å². The van der Waals surface area contributed by atoms with Crippen LogP contribution in [-0.2, 0) is 0 Å². The van der Waals surface area contributed by atoms with Crippen LogP contribution in [0, 0.1) is 34.6 Å². The molecule has 0 saturated heterocycles. The molecule has 6 heteroatoms. The van der Waals surface area contributed by atoms with Crippen LogP contribution in [0.15, 0.2) is 21.2 Å². The van der Waals surface area contributed by atoms with E-state index in [2.05, 4.69) is 32.6 Å². The average Bonchev–Trinajstić information content (AvgIpc) is 3.18. The highest BCUT2D eigenvalue weighted by molar-refractivity contribution is 6.00. The summed E-state index contributed by atoms with van der Waals surface area (Å²) in [6.45, 7) is 9.77. The summed E-state index contributed by atoms with van der Waals surface area (Å²) in [6, 6.07) is 4.21. The van der Waals surface area contributed by atoms with Crippen molar-refractivity contribution in [1.29, 1.82) is 0 Å². The number of aromatic nitrogens is 4. The molecule has 0 aliphatic carbocycles. The lowest BCUT2D eigenvalue weighted by Gasteiger charge is -2.08. The Morgan fingerprint density at radius 2 is 1.44 bits per heavy atom. The van der Waals surface area contributed by atoms with Crippen molar-refractivity contribution in [2.75, 3.05) is 0 Å². The Bertz CT molecular complexity index is 1030. The van der Waals surface area contributed by atoms with Crippen LogP contribution in [0.4, 0.5) is 0 Å². The predicted molar refractivity (Wildman–Crippen MR) is 97.5 cm³/mol. The molecule has 0 radical (unpaired) electrons. The molecule has 25 heavy (non-hydrogen) atoms. The van der Waals surface area contributed by atoms with Crippen molar-refractivity contribution in [3.05, 3.63) is 40.7 Å². The largest absolute Gasteiger partial charge is 0.361 e. The molecule has 0 aliphatic rings. The Hall–Kier alpha value is -2.89. The lowest BCUT2D eigenvalue weighted by Crippen LogP contribution is -1.89. The second-order valence-corrected chi connectivity index (χ2v) is 6.16. The summed E-state index contributed by atoms with van der Waals surface area (Å²) in [5, 5.41) is 16.8. The molecule has 6 nitrogen and oxygen atoms in total. The molecule has 4 rings (SSSR count). The Labute approximate surface area is 146 Å². The SMILES string of the molecule is C.Cc1noc(C)c1-c1cc(-c2c(C)noc2C)c2c(C)[nH]nc2c1. The number of nitrogens with one attached hydrogen (secondary N) is 1. The Morgan fingerprint density at radius 1 is 0.840 bits per heavy atom. The monoisotopic (exact) mass is 338 g/mol. The van der Waals surface area contributed by atoms with Crippen molar-refractivity contribution in [1.82, 2.24) is 20.5 Å². The van der Waals surface area contributed by atoms with Crippen LogP contribution in [0.2, 0.25) is 0 Å². The molecule has 1 N–H and O–H groups in total. The van der Waals surface area contributed by atoms with E-state index in [1.165, 1.54) is 0 Å². The van der Waals surface area contributed by atoms with Crippen molar-refractivity contribution >= 4 is 10.9 Å². The number of benzene rings is 1. The Balaban J connectivity index is 0.00000182. The third-order valence-electron chi connectivity index (χ3n) is 4.46. The van der Waals surface area contributed by atoms with Crippen LogP contribution in [0.25, 0.3) is 33.2 Å². The van der Waals surface area contributed by atoms with Gasteiger partial charge in [-0.3, -0.25) is 5.10 Å². The molecule has 0 unspecified atom stereocenters. The quantitative estimate of drug-likeness (QED) is 0.553. The van der Waals surface area contributed by atoms with E-state index in [0.29, 0.717) is 0 Å². The van der Waals surface area contributed by atoms with Gasteiger partial charge in [0.25, 0.3) is 0 Å². The summed E-state index contributed by atoms with van der Waals surface area (Å²) in [5.41, 5.74) is 7.76. The van der Waals surface area contributed by atoms with Crippen LogP contribution >= 0.6 is 0 Å². The van der Waals surface area contributed by atoms with Crippen molar-refractivity contribution in [2.45, 2.75) is 42.0 Å². The van der Waals surface area contributed by atoms with Crippen LogP contribution in [-0.4, -0.2) is 20.5 Å². The molecule has 130 valence electrons. The third kappa shape index (κ3) is 2.45. The smallest absolute Gasteiger partial charge is 0.141 e. The van der Waals surface area contributed by atoms with Crippen molar-refractivity contribution in [2.24, 2.45) is 0 Å². The normalized spacial score (nSPS) is 11.1. The van der Waals surface area contributed by atoms with Crippen LogP contribution in [0.3, 0.4) is 0 Å². The Kier molecular flexibility index (Phi) is 3.99. The van der Waals surface area contributed by atoms with E-state index in [4.69, 9.17) is 9.05 Å². The van der Waals surface area contributed by atoms with E-state index >= 15 is 0 Å². The van der Waals surface area contributed by atoms with Gasteiger partial charge in [-0.25, -0.2) is 0 Å². The number of nitrogens with zero attached hydrogens (tertiary/aromatic N) is 3. The van der Waals surface area contributed by atoms with Gasteiger partial charge < -0.3 is 9.05 Å². The van der Waals surface area contributed by atoms with Gasteiger partial charge >= 0.3 is 0 Å². The minimum Gasteiger partial charge on any atom is -0.361 e. The van der Waals surface area contributed by atoms with Gasteiger partial charge in [-0.15, -0.1) is 0 Å². The van der Waals surface area contributed by atoms with Gasteiger partial charge in [-0.1, -0.05) is 17.7 Å². The second-order valence-electron chi connectivity index (χ2n) is 6.16. The molecule has 0 atom stereocenters. The Morgan fingerprint density at radius 3 is 2.00 bits per heavy atom. The standard InChI is InChI=1S/C18H18N4O2.CH4/c1-8-18-14(17-10(3)22-24-12(17)5)6-13(7-15(18)20-19-8)16-9(2)21-23-11(16)4;/h6-7H,1-5H3,(H,19,20);1H4. The molecule has 3 heterocycles. The molecule has 0 fully saturated rings. The maximum atomic E-state index is 5.38. The zero-order chi connectivity index (χ0) is 17.0. The van der Waals surface area contributed by atoms with Crippen LogP contribution in [0.1, 0.15) is 36.0 Å². The van der Waals surface area contributed by atoms with E-state index in [0.717, 1.165) is 61.8 Å². The molecule has 0 amide bonds.